The Labute approximate surface area is 98.2 Å². The number of nitrogens with zero attached hydrogens (tertiary/aromatic N) is 3. The van der Waals surface area contributed by atoms with Crippen LogP contribution in [0.3, 0.4) is 0 Å². The van der Waals surface area contributed by atoms with E-state index in [4.69, 9.17) is 5.26 Å². The Bertz CT molecular complexity index is 335. The molecule has 16 heavy (non-hydrogen) atoms. The third kappa shape index (κ3) is 6.03. The molecular weight excluding hydrogens is 230 g/mol. The SMILES string of the molecule is CC(=O)N(C)C(=O)ON=C(C)SCCC#N. The fourth-order valence-electron chi connectivity index (χ4n) is 0.564. The number of nitriles is 1. The smallest absolute Gasteiger partial charge is 0.297 e. The average molecular weight is 243 g/mol. The molecule has 2 amide bonds. The highest BCUT2D eigenvalue weighted by Gasteiger charge is 2.13. The summed E-state index contributed by atoms with van der Waals surface area (Å²) >= 11 is 1.31. The molecule has 0 atom stereocenters. The number of amides is 2. The van der Waals surface area contributed by atoms with Gasteiger partial charge in [-0.15, -0.1) is 11.8 Å². The van der Waals surface area contributed by atoms with Crippen LogP contribution in [0, 0.1) is 11.3 Å². The van der Waals surface area contributed by atoms with Gasteiger partial charge < -0.3 is 0 Å². The monoisotopic (exact) mass is 243 g/mol. The van der Waals surface area contributed by atoms with E-state index >= 15 is 0 Å². The van der Waals surface area contributed by atoms with E-state index in [9.17, 15) is 9.59 Å². The molecule has 0 spiro atoms. The van der Waals surface area contributed by atoms with E-state index in [1.54, 1.807) is 6.92 Å². The minimum atomic E-state index is -0.826. The fourth-order valence-corrected chi connectivity index (χ4v) is 1.14. The molecule has 0 aliphatic heterocycles. The molecule has 0 fully saturated rings. The van der Waals surface area contributed by atoms with Crippen molar-refractivity contribution >= 4 is 28.8 Å². The van der Waals surface area contributed by atoms with Crippen molar-refractivity contribution < 1.29 is 14.4 Å². The maximum absolute atomic E-state index is 11.1. The number of rotatable bonds is 3. The zero-order valence-corrected chi connectivity index (χ0v) is 10.2. The first-order valence-corrected chi connectivity index (χ1v) is 5.47. The lowest BCUT2D eigenvalue weighted by Crippen LogP contribution is -2.30. The summed E-state index contributed by atoms with van der Waals surface area (Å²) in [4.78, 5) is 27.2. The number of imide groups is 1. The first-order chi connectivity index (χ1) is 7.49. The molecule has 0 aliphatic carbocycles. The zero-order chi connectivity index (χ0) is 12.6. The van der Waals surface area contributed by atoms with Crippen molar-refractivity contribution in [3.05, 3.63) is 0 Å². The molecule has 0 N–H and O–H groups in total. The van der Waals surface area contributed by atoms with E-state index in [-0.39, 0.29) is 0 Å². The number of oxime groups is 1. The second-order valence-corrected chi connectivity index (χ2v) is 4.09. The molecule has 0 aliphatic rings. The number of hydrogen-bond acceptors (Lipinski definition) is 6. The van der Waals surface area contributed by atoms with E-state index in [1.807, 2.05) is 6.07 Å². The summed E-state index contributed by atoms with van der Waals surface area (Å²) in [7, 11) is 1.30. The van der Waals surface area contributed by atoms with Gasteiger partial charge in [-0.2, -0.15) is 5.26 Å². The second-order valence-electron chi connectivity index (χ2n) is 2.80. The lowest BCUT2D eigenvalue weighted by Gasteiger charge is -2.09. The topological polar surface area (TPSA) is 82.8 Å². The van der Waals surface area contributed by atoms with Crippen LogP contribution in [0.4, 0.5) is 4.79 Å². The fraction of sp³-hybridized carbons (Fsp3) is 0.556. The van der Waals surface area contributed by atoms with Gasteiger partial charge in [-0.1, -0.05) is 5.16 Å². The molecule has 6 nitrogen and oxygen atoms in total. The molecule has 0 heterocycles. The Kier molecular flexibility index (Phi) is 6.96. The Morgan fingerprint density at radius 1 is 1.50 bits per heavy atom. The molecule has 0 radical (unpaired) electrons. The molecular formula is C9H13N3O3S. The number of carbonyl (C=O) groups excluding carboxylic acids is 2. The number of carbonyl (C=O) groups is 2. The highest BCUT2D eigenvalue weighted by Crippen LogP contribution is 2.06. The van der Waals surface area contributed by atoms with Crippen molar-refractivity contribution in [2.75, 3.05) is 12.8 Å². The lowest BCUT2D eigenvalue weighted by atomic mass is 10.6. The lowest BCUT2D eigenvalue weighted by molar-refractivity contribution is -0.126. The summed E-state index contributed by atoms with van der Waals surface area (Å²) in [5.74, 6) is 0.168. The van der Waals surface area contributed by atoms with Crippen LogP contribution in [-0.2, 0) is 9.63 Å². The minimum absolute atomic E-state index is 0.402. The molecule has 0 bridgehead atoms. The van der Waals surface area contributed by atoms with Crippen LogP contribution in [0.15, 0.2) is 5.16 Å². The number of thioether (sulfide) groups is 1. The van der Waals surface area contributed by atoms with Gasteiger partial charge in [0.15, 0.2) is 0 Å². The normalized spacial score (nSPS) is 10.5. The highest BCUT2D eigenvalue weighted by atomic mass is 32.2. The third-order valence-electron chi connectivity index (χ3n) is 1.52. The van der Waals surface area contributed by atoms with Gasteiger partial charge in [0.25, 0.3) is 0 Å². The quantitative estimate of drug-likeness (QED) is 0.247. The molecule has 0 aromatic rings. The van der Waals surface area contributed by atoms with Crippen molar-refractivity contribution in [1.29, 1.82) is 5.26 Å². The van der Waals surface area contributed by atoms with Crippen molar-refractivity contribution in [3.8, 4) is 6.07 Å². The minimum Gasteiger partial charge on any atom is -0.297 e. The molecule has 0 saturated heterocycles. The van der Waals surface area contributed by atoms with E-state index in [1.165, 1.54) is 25.7 Å². The van der Waals surface area contributed by atoms with Gasteiger partial charge in [0.1, 0.15) is 5.04 Å². The Balaban J connectivity index is 4.02. The van der Waals surface area contributed by atoms with Crippen LogP contribution in [0.5, 0.6) is 0 Å². The van der Waals surface area contributed by atoms with Crippen molar-refractivity contribution in [2.45, 2.75) is 20.3 Å². The van der Waals surface area contributed by atoms with Crippen LogP contribution in [0.2, 0.25) is 0 Å². The molecule has 0 aromatic heterocycles. The Morgan fingerprint density at radius 3 is 2.62 bits per heavy atom. The van der Waals surface area contributed by atoms with Crippen LogP contribution in [-0.4, -0.2) is 34.7 Å². The van der Waals surface area contributed by atoms with Crippen LogP contribution in [0.1, 0.15) is 20.3 Å². The van der Waals surface area contributed by atoms with E-state index < -0.39 is 12.0 Å². The summed E-state index contributed by atoms with van der Waals surface area (Å²) in [6.07, 6.45) is -0.425. The Morgan fingerprint density at radius 2 is 2.12 bits per heavy atom. The average Bonchev–Trinajstić information content (AvgIpc) is 2.25. The maximum atomic E-state index is 11.1. The summed E-state index contributed by atoms with van der Waals surface area (Å²) in [6, 6.07) is 1.98. The molecule has 0 saturated carbocycles. The second kappa shape index (κ2) is 7.70. The molecule has 0 unspecified atom stereocenters. The van der Waals surface area contributed by atoms with Gasteiger partial charge in [0, 0.05) is 26.1 Å². The van der Waals surface area contributed by atoms with Crippen molar-refractivity contribution in [1.82, 2.24) is 4.90 Å². The molecule has 7 heteroatoms. The van der Waals surface area contributed by atoms with Gasteiger partial charge in [-0.05, 0) is 6.92 Å². The van der Waals surface area contributed by atoms with Gasteiger partial charge in [0.05, 0.1) is 6.07 Å². The first-order valence-electron chi connectivity index (χ1n) is 4.48. The van der Waals surface area contributed by atoms with Gasteiger partial charge in [-0.3, -0.25) is 9.63 Å². The summed E-state index contributed by atoms with van der Waals surface area (Å²) in [5, 5.41) is 12.4. The van der Waals surface area contributed by atoms with E-state index in [2.05, 4.69) is 9.99 Å². The largest absolute Gasteiger partial charge is 0.442 e. The van der Waals surface area contributed by atoms with Gasteiger partial charge >= 0.3 is 6.09 Å². The van der Waals surface area contributed by atoms with Gasteiger partial charge in [-0.25, -0.2) is 9.69 Å². The molecule has 0 rings (SSSR count). The van der Waals surface area contributed by atoms with Crippen LogP contribution in [0.25, 0.3) is 0 Å². The predicted octanol–water partition coefficient (Wildman–Crippen LogP) is 1.58. The van der Waals surface area contributed by atoms with Crippen LogP contribution >= 0.6 is 11.8 Å². The Hall–Kier alpha value is -1.55. The van der Waals surface area contributed by atoms with E-state index in [0.29, 0.717) is 17.2 Å². The third-order valence-corrected chi connectivity index (χ3v) is 2.42. The molecule has 88 valence electrons. The van der Waals surface area contributed by atoms with Crippen molar-refractivity contribution in [3.63, 3.8) is 0 Å². The maximum Gasteiger partial charge on any atom is 0.442 e. The summed E-state index contributed by atoms with van der Waals surface area (Å²) in [6.45, 7) is 2.91. The standard InChI is InChI=1S/C9H13N3O3S/c1-7(16-6-4-5-10)11-15-9(14)12(3)8(2)13/h4,6H2,1-3H3. The van der Waals surface area contributed by atoms with Crippen LogP contribution < -0.4 is 0 Å². The summed E-state index contributed by atoms with van der Waals surface area (Å²) < 4.78 is 0. The number of hydrogen-bond donors (Lipinski definition) is 0. The van der Waals surface area contributed by atoms with Gasteiger partial charge in [0.2, 0.25) is 5.91 Å². The summed E-state index contributed by atoms with van der Waals surface area (Å²) in [5.41, 5.74) is 0. The molecule has 0 aromatic carbocycles. The highest BCUT2D eigenvalue weighted by molar-refractivity contribution is 8.13. The first kappa shape index (κ1) is 14.5. The van der Waals surface area contributed by atoms with E-state index in [0.717, 1.165) is 4.90 Å². The van der Waals surface area contributed by atoms with Crippen molar-refractivity contribution in [2.24, 2.45) is 5.16 Å². The zero-order valence-electron chi connectivity index (χ0n) is 9.39. The predicted molar refractivity (Wildman–Crippen MR) is 60.7 cm³/mol.